The number of ether oxygens (including phenoxy) is 1. The number of benzene rings is 1. The second-order valence-electron chi connectivity index (χ2n) is 2.30. The minimum Gasteiger partial charge on any atom is -0.493 e. The first-order valence-electron chi connectivity index (χ1n) is 3.73. The van der Waals surface area contributed by atoms with Crippen molar-refractivity contribution in [3.05, 3.63) is 29.8 Å². The van der Waals surface area contributed by atoms with Gasteiger partial charge in [-0.3, -0.25) is 0 Å². The van der Waals surface area contributed by atoms with Crippen LogP contribution in [0.3, 0.4) is 0 Å². The molecule has 0 saturated carbocycles. The second-order valence-corrected chi connectivity index (χ2v) is 4.79. The van der Waals surface area contributed by atoms with E-state index in [1.807, 2.05) is 12.1 Å². The molecule has 0 fully saturated rings. The van der Waals surface area contributed by atoms with Gasteiger partial charge in [0.1, 0.15) is 5.75 Å². The van der Waals surface area contributed by atoms with Crippen LogP contribution in [0.4, 0.5) is 0 Å². The van der Waals surface area contributed by atoms with E-state index in [0.29, 0.717) is 12.2 Å². The van der Waals surface area contributed by atoms with Gasteiger partial charge in [-0.1, -0.05) is 8.93 Å². The summed E-state index contributed by atoms with van der Waals surface area (Å²) >= 11 is 2.24. The van der Waals surface area contributed by atoms with Crippen molar-refractivity contribution in [1.29, 1.82) is 5.26 Å². The number of nitriles is 1. The molecule has 0 unspecified atom stereocenters. The van der Waals surface area contributed by atoms with Gasteiger partial charge in [0, 0.05) is 5.75 Å². The van der Waals surface area contributed by atoms with Gasteiger partial charge in [-0.2, -0.15) is 5.26 Å². The van der Waals surface area contributed by atoms with Gasteiger partial charge in [-0.05, 0) is 45.5 Å². The average molecular weight is 305 g/mol. The molecule has 0 heterocycles. The van der Waals surface area contributed by atoms with Crippen molar-refractivity contribution in [2.75, 3.05) is 12.4 Å². The highest BCUT2D eigenvalue weighted by molar-refractivity contribution is 14.2. The normalized spacial score (nSPS) is 9.23. The van der Waals surface area contributed by atoms with Gasteiger partial charge >= 0.3 is 0 Å². The van der Waals surface area contributed by atoms with Crippen LogP contribution in [0, 0.1) is 11.3 Å². The summed E-state index contributed by atoms with van der Waals surface area (Å²) < 4.78 is 5.41. The molecule has 13 heavy (non-hydrogen) atoms. The van der Waals surface area contributed by atoms with E-state index in [1.54, 1.807) is 21.1 Å². The van der Waals surface area contributed by atoms with Crippen LogP contribution >= 0.6 is 30.1 Å². The quantitative estimate of drug-likeness (QED) is 0.633. The molecule has 1 aromatic carbocycles. The van der Waals surface area contributed by atoms with Crippen molar-refractivity contribution in [2.45, 2.75) is 0 Å². The number of nitrogens with zero attached hydrogens (tertiary/aromatic N) is 1. The summed E-state index contributed by atoms with van der Waals surface area (Å²) in [6.45, 7) is 0.708. The van der Waals surface area contributed by atoms with Crippen LogP contribution in [0.1, 0.15) is 5.56 Å². The number of rotatable bonds is 4. The van der Waals surface area contributed by atoms with E-state index in [2.05, 4.69) is 27.3 Å². The molecule has 0 aliphatic heterocycles. The first-order chi connectivity index (χ1) is 6.36. The van der Waals surface area contributed by atoms with Crippen LogP contribution in [-0.2, 0) is 0 Å². The Morgan fingerprint density at radius 3 is 2.62 bits per heavy atom. The molecule has 0 aliphatic rings. The zero-order valence-electron chi connectivity index (χ0n) is 6.87. The Kier molecular flexibility index (Phi) is 5.01. The number of hydrogen-bond acceptors (Lipinski definition) is 3. The molecule has 0 amide bonds. The van der Waals surface area contributed by atoms with Crippen molar-refractivity contribution >= 4 is 30.1 Å². The summed E-state index contributed by atoms with van der Waals surface area (Å²) in [4.78, 5) is 0. The zero-order chi connectivity index (χ0) is 9.52. The van der Waals surface area contributed by atoms with Crippen LogP contribution in [0.25, 0.3) is 0 Å². The molecule has 0 bridgehead atoms. The fourth-order valence-corrected chi connectivity index (χ4v) is 1.50. The predicted molar refractivity (Wildman–Crippen MR) is 63.1 cm³/mol. The van der Waals surface area contributed by atoms with Crippen LogP contribution in [0.2, 0.25) is 0 Å². The molecule has 0 radical (unpaired) electrons. The highest BCUT2D eigenvalue weighted by Crippen LogP contribution is 2.14. The summed E-state index contributed by atoms with van der Waals surface area (Å²) in [5.41, 5.74) is 0.663. The highest BCUT2D eigenvalue weighted by atomic mass is 127. The van der Waals surface area contributed by atoms with Crippen LogP contribution in [0.15, 0.2) is 24.3 Å². The minimum atomic E-state index is 0.663. The molecule has 1 rings (SSSR count). The van der Waals surface area contributed by atoms with E-state index in [0.717, 1.165) is 11.5 Å². The van der Waals surface area contributed by atoms with Gasteiger partial charge < -0.3 is 4.74 Å². The minimum absolute atomic E-state index is 0.663. The lowest BCUT2D eigenvalue weighted by atomic mass is 10.2. The molecule has 0 aromatic heterocycles. The van der Waals surface area contributed by atoms with Crippen LogP contribution in [-0.4, -0.2) is 12.4 Å². The maximum Gasteiger partial charge on any atom is 0.119 e. The summed E-state index contributed by atoms with van der Waals surface area (Å²) in [5.74, 6) is 1.80. The maximum atomic E-state index is 8.55. The van der Waals surface area contributed by atoms with Gasteiger partial charge in [0.15, 0.2) is 0 Å². The Morgan fingerprint density at radius 1 is 1.38 bits per heavy atom. The van der Waals surface area contributed by atoms with Gasteiger partial charge in [0.2, 0.25) is 0 Å². The van der Waals surface area contributed by atoms with Gasteiger partial charge in [0.05, 0.1) is 18.2 Å². The lowest BCUT2D eigenvalue weighted by Crippen LogP contribution is -1.98. The standard InChI is InChI=1S/C9H8INOS/c10-13-6-5-12-9-3-1-8(7-11)2-4-9/h1-4H,5-6H2. The molecule has 0 saturated heterocycles. The number of halogens is 1. The van der Waals surface area contributed by atoms with Crippen molar-refractivity contribution in [2.24, 2.45) is 0 Å². The summed E-state index contributed by atoms with van der Waals surface area (Å²) in [5, 5.41) is 8.55. The molecular weight excluding hydrogens is 297 g/mol. The molecule has 68 valence electrons. The molecule has 4 heteroatoms. The van der Waals surface area contributed by atoms with E-state index in [4.69, 9.17) is 10.00 Å². The lowest BCUT2D eigenvalue weighted by molar-refractivity contribution is 0.344. The Labute approximate surface area is 93.9 Å². The van der Waals surface area contributed by atoms with E-state index >= 15 is 0 Å². The van der Waals surface area contributed by atoms with Crippen molar-refractivity contribution in [3.63, 3.8) is 0 Å². The fraction of sp³-hybridized carbons (Fsp3) is 0.222. The van der Waals surface area contributed by atoms with Gasteiger partial charge in [-0.25, -0.2) is 0 Å². The molecule has 0 aliphatic carbocycles. The Morgan fingerprint density at radius 2 is 2.08 bits per heavy atom. The average Bonchev–Trinajstić information content (AvgIpc) is 2.19. The van der Waals surface area contributed by atoms with Crippen LogP contribution in [0.5, 0.6) is 5.75 Å². The third-order valence-electron chi connectivity index (χ3n) is 1.41. The monoisotopic (exact) mass is 305 g/mol. The smallest absolute Gasteiger partial charge is 0.119 e. The Bertz CT molecular complexity index is 293. The number of hydrogen-bond donors (Lipinski definition) is 0. The largest absolute Gasteiger partial charge is 0.493 e. The SMILES string of the molecule is N#Cc1ccc(OCCSI)cc1. The van der Waals surface area contributed by atoms with Crippen LogP contribution < -0.4 is 4.74 Å². The summed E-state index contributed by atoms with van der Waals surface area (Å²) in [6, 6.07) is 9.21. The Balaban J connectivity index is 2.46. The second kappa shape index (κ2) is 6.11. The van der Waals surface area contributed by atoms with E-state index in [9.17, 15) is 0 Å². The predicted octanol–water partition coefficient (Wildman–Crippen LogP) is 3.02. The zero-order valence-corrected chi connectivity index (χ0v) is 9.84. The molecule has 1 aromatic rings. The molecule has 0 atom stereocenters. The summed E-state index contributed by atoms with van der Waals surface area (Å²) in [7, 11) is 1.72. The van der Waals surface area contributed by atoms with Crippen molar-refractivity contribution in [3.8, 4) is 11.8 Å². The van der Waals surface area contributed by atoms with Gasteiger partial charge in [-0.15, -0.1) is 0 Å². The van der Waals surface area contributed by atoms with E-state index in [1.165, 1.54) is 0 Å². The molecular formula is C9H8INOS. The lowest BCUT2D eigenvalue weighted by Gasteiger charge is -2.03. The third-order valence-corrected chi connectivity index (χ3v) is 3.05. The maximum absolute atomic E-state index is 8.55. The third kappa shape index (κ3) is 3.87. The van der Waals surface area contributed by atoms with Crippen molar-refractivity contribution in [1.82, 2.24) is 0 Å². The first kappa shape index (κ1) is 10.7. The van der Waals surface area contributed by atoms with Crippen molar-refractivity contribution < 1.29 is 4.74 Å². The highest BCUT2D eigenvalue weighted by Gasteiger charge is 1.93. The van der Waals surface area contributed by atoms with Gasteiger partial charge in [0.25, 0.3) is 0 Å². The topological polar surface area (TPSA) is 33.0 Å². The van der Waals surface area contributed by atoms with E-state index < -0.39 is 0 Å². The molecule has 0 spiro atoms. The first-order valence-corrected chi connectivity index (χ1v) is 7.26. The van der Waals surface area contributed by atoms with E-state index in [-0.39, 0.29) is 0 Å². The fourth-order valence-electron chi connectivity index (χ4n) is 0.817. The molecule has 0 N–H and O–H groups in total. The Hall–Kier alpha value is -0.410. The molecule has 2 nitrogen and oxygen atoms in total. The summed E-state index contributed by atoms with van der Waals surface area (Å²) in [6.07, 6.45) is 0.